The smallest absolute Gasteiger partial charge is 0.183 e. The highest BCUT2D eigenvalue weighted by Gasteiger charge is 2.48. The van der Waals surface area contributed by atoms with Gasteiger partial charge in [-0.05, 0) is 19.3 Å². The van der Waals surface area contributed by atoms with Crippen molar-refractivity contribution in [3.8, 4) is 0 Å². The van der Waals surface area contributed by atoms with E-state index in [1.54, 1.807) is 6.92 Å². The average Bonchev–Trinajstić information content (AvgIpc) is 2.66. The third kappa shape index (κ3) is 2.05. The zero-order valence-electron chi connectivity index (χ0n) is 7.96. The topological polar surface area (TPSA) is 55.6 Å². The van der Waals surface area contributed by atoms with E-state index in [0.717, 1.165) is 6.42 Å². The third-order valence-corrected chi connectivity index (χ3v) is 2.16. The molecule has 1 fully saturated rings. The van der Waals surface area contributed by atoms with Crippen molar-refractivity contribution in [1.82, 2.24) is 0 Å². The molecule has 12 heavy (non-hydrogen) atoms. The van der Waals surface area contributed by atoms with E-state index in [9.17, 15) is 4.79 Å². The lowest BCUT2D eigenvalue weighted by Gasteiger charge is -2.14. The summed E-state index contributed by atoms with van der Waals surface area (Å²) in [6.07, 6.45) is 0.748. The van der Waals surface area contributed by atoms with Gasteiger partial charge in [0, 0.05) is 0 Å². The number of ketones is 1. The van der Waals surface area contributed by atoms with Gasteiger partial charge in [0.15, 0.2) is 5.78 Å². The lowest BCUT2D eigenvalue weighted by atomic mass is 9.94. The Morgan fingerprint density at radius 2 is 2.17 bits per heavy atom. The van der Waals surface area contributed by atoms with Crippen molar-refractivity contribution in [2.24, 2.45) is 11.7 Å². The van der Waals surface area contributed by atoms with Crippen LogP contribution in [0, 0.1) is 5.92 Å². The molecule has 3 heteroatoms. The van der Waals surface area contributed by atoms with E-state index >= 15 is 0 Å². The van der Waals surface area contributed by atoms with Gasteiger partial charge in [0.2, 0.25) is 0 Å². The molecular formula is C9H17NO2. The minimum Gasteiger partial charge on any atom is -0.362 e. The van der Waals surface area contributed by atoms with E-state index in [2.05, 4.69) is 13.8 Å². The van der Waals surface area contributed by atoms with Gasteiger partial charge in [-0.1, -0.05) is 13.8 Å². The van der Waals surface area contributed by atoms with Crippen LogP contribution >= 0.6 is 0 Å². The van der Waals surface area contributed by atoms with Crippen LogP contribution in [-0.2, 0) is 9.53 Å². The Kier molecular flexibility index (Phi) is 2.54. The SMILES string of the molecule is CC(C)C[C@H](N)C(=O)C1(C)CO1. The first kappa shape index (κ1) is 9.68. The first-order chi connectivity index (χ1) is 5.46. The molecule has 0 aromatic carbocycles. The Morgan fingerprint density at radius 1 is 1.67 bits per heavy atom. The van der Waals surface area contributed by atoms with Gasteiger partial charge >= 0.3 is 0 Å². The van der Waals surface area contributed by atoms with Gasteiger partial charge in [-0.15, -0.1) is 0 Å². The van der Waals surface area contributed by atoms with Crippen molar-refractivity contribution in [2.45, 2.75) is 38.8 Å². The standard InChI is InChI=1S/C9H17NO2/c1-6(2)4-7(10)8(11)9(3)5-12-9/h6-7H,4-5,10H2,1-3H3/t7-,9?/m0/s1. The molecule has 1 rings (SSSR count). The number of hydrogen-bond donors (Lipinski definition) is 1. The van der Waals surface area contributed by atoms with Crippen molar-refractivity contribution in [3.05, 3.63) is 0 Å². The third-order valence-electron chi connectivity index (χ3n) is 2.16. The summed E-state index contributed by atoms with van der Waals surface area (Å²) >= 11 is 0. The van der Waals surface area contributed by atoms with Crippen LogP contribution in [0.25, 0.3) is 0 Å². The maximum absolute atomic E-state index is 11.5. The largest absolute Gasteiger partial charge is 0.362 e. The minimum atomic E-state index is -0.547. The number of Topliss-reactive ketones (excluding diaryl/α,β-unsaturated/α-hetero) is 1. The van der Waals surface area contributed by atoms with Gasteiger partial charge in [-0.3, -0.25) is 4.79 Å². The highest BCUT2D eigenvalue weighted by atomic mass is 16.6. The predicted molar refractivity (Wildman–Crippen MR) is 46.8 cm³/mol. The summed E-state index contributed by atoms with van der Waals surface area (Å²) in [5.74, 6) is 0.516. The number of ether oxygens (including phenoxy) is 1. The monoisotopic (exact) mass is 171 g/mol. The van der Waals surface area contributed by atoms with Crippen LogP contribution in [0.1, 0.15) is 27.2 Å². The molecule has 2 atom stereocenters. The first-order valence-electron chi connectivity index (χ1n) is 4.39. The zero-order chi connectivity index (χ0) is 9.35. The fourth-order valence-corrected chi connectivity index (χ4v) is 1.26. The van der Waals surface area contributed by atoms with Crippen molar-refractivity contribution in [2.75, 3.05) is 6.61 Å². The van der Waals surface area contributed by atoms with Crippen molar-refractivity contribution in [3.63, 3.8) is 0 Å². The Bertz CT molecular complexity index is 185. The van der Waals surface area contributed by atoms with Gasteiger partial charge in [0.05, 0.1) is 12.6 Å². The van der Waals surface area contributed by atoms with Gasteiger partial charge in [0.1, 0.15) is 5.60 Å². The van der Waals surface area contributed by atoms with Crippen molar-refractivity contribution in [1.29, 1.82) is 0 Å². The Labute approximate surface area is 73.3 Å². The maximum Gasteiger partial charge on any atom is 0.183 e. The summed E-state index contributed by atoms with van der Waals surface area (Å²) in [6, 6.07) is -0.350. The molecule has 0 spiro atoms. The lowest BCUT2D eigenvalue weighted by Crippen LogP contribution is -2.40. The van der Waals surface area contributed by atoms with E-state index in [1.165, 1.54) is 0 Å². The molecule has 1 saturated heterocycles. The molecule has 1 aliphatic heterocycles. The molecule has 0 bridgehead atoms. The van der Waals surface area contributed by atoms with Gasteiger partial charge in [0.25, 0.3) is 0 Å². The molecule has 0 amide bonds. The molecule has 0 radical (unpaired) electrons. The second kappa shape index (κ2) is 3.15. The van der Waals surface area contributed by atoms with E-state index < -0.39 is 5.60 Å². The van der Waals surface area contributed by atoms with E-state index in [1.807, 2.05) is 0 Å². The summed E-state index contributed by atoms with van der Waals surface area (Å²) in [7, 11) is 0. The quantitative estimate of drug-likeness (QED) is 0.634. The Hall–Kier alpha value is -0.410. The van der Waals surface area contributed by atoms with Crippen molar-refractivity contribution >= 4 is 5.78 Å². The minimum absolute atomic E-state index is 0.0520. The fraction of sp³-hybridized carbons (Fsp3) is 0.889. The molecule has 0 aliphatic carbocycles. The number of rotatable bonds is 4. The molecule has 0 aromatic rings. The van der Waals surface area contributed by atoms with Crippen LogP contribution in [-0.4, -0.2) is 24.0 Å². The molecule has 3 nitrogen and oxygen atoms in total. The van der Waals surface area contributed by atoms with Crippen LogP contribution in [0.5, 0.6) is 0 Å². The fourth-order valence-electron chi connectivity index (χ4n) is 1.26. The summed E-state index contributed by atoms with van der Waals surface area (Å²) in [5, 5.41) is 0. The molecule has 2 N–H and O–H groups in total. The first-order valence-corrected chi connectivity index (χ1v) is 4.39. The Morgan fingerprint density at radius 3 is 2.50 bits per heavy atom. The van der Waals surface area contributed by atoms with Crippen molar-refractivity contribution < 1.29 is 9.53 Å². The summed E-state index contributed by atoms with van der Waals surface area (Å²) < 4.78 is 5.03. The zero-order valence-corrected chi connectivity index (χ0v) is 7.96. The average molecular weight is 171 g/mol. The van der Waals surface area contributed by atoms with E-state index in [-0.39, 0.29) is 11.8 Å². The number of hydrogen-bond acceptors (Lipinski definition) is 3. The molecule has 1 unspecified atom stereocenters. The molecule has 0 saturated carbocycles. The number of carbonyl (C=O) groups excluding carboxylic acids is 1. The summed E-state index contributed by atoms with van der Waals surface area (Å²) in [4.78, 5) is 11.5. The highest BCUT2D eigenvalue weighted by molar-refractivity contribution is 5.93. The summed E-state index contributed by atoms with van der Waals surface area (Å²) in [5.41, 5.74) is 5.17. The lowest BCUT2D eigenvalue weighted by molar-refractivity contribution is -0.125. The van der Waals surface area contributed by atoms with Gasteiger partial charge in [-0.2, -0.15) is 0 Å². The molecular weight excluding hydrogens is 154 g/mol. The number of carbonyl (C=O) groups is 1. The molecule has 1 heterocycles. The van der Waals surface area contributed by atoms with Crippen LogP contribution in [0.15, 0.2) is 0 Å². The van der Waals surface area contributed by atoms with Gasteiger partial charge < -0.3 is 10.5 Å². The van der Waals surface area contributed by atoms with Gasteiger partial charge in [-0.25, -0.2) is 0 Å². The normalized spacial score (nSPS) is 30.4. The van der Waals surface area contributed by atoms with Crippen LogP contribution in [0.3, 0.4) is 0 Å². The summed E-state index contributed by atoms with van der Waals surface area (Å²) in [6.45, 7) is 6.46. The van der Waals surface area contributed by atoms with Crippen LogP contribution < -0.4 is 5.73 Å². The number of epoxide rings is 1. The van der Waals surface area contributed by atoms with Crippen LogP contribution in [0.2, 0.25) is 0 Å². The second-order valence-corrected chi connectivity index (χ2v) is 4.12. The van der Waals surface area contributed by atoms with Crippen LogP contribution in [0.4, 0.5) is 0 Å². The maximum atomic E-state index is 11.5. The predicted octanol–water partition coefficient (Wildman–Crippen LogP) is 0.718. The molecule has 1 aliphatic rings. The van der Waals surface area contributed by atoms with E-state index in [0.29, 0.717) is 12.5 Å². The molecule has 0 aromatic heterocycles. The second-order valence-electron chi connectivity index (χ2n) is 4.12. The highest BCUT2D eigenvalue weighted by Crippen LogP contribution is 2.28. The van der Waals surface area contributed by atoms with E-state index in [4.69, 9.17) is 10.5 Å². The molecule has 70 valence electrons. The number of nitrogens with two attached hydrogens (primary N) is 1. The Balaban J connectivity index is 2.42.